The van der Waals surface area contributed by atoms with Crippen LogP contribution in [0.4, 0.5) is 4.39 Å². The van der Waals surface area contributed by atoms with Gasteiger partial charge in [-0.2, -0.15) is 0 Å². The number of hydrogen-bond acceptors (Lipinski definition) is 4. The fourth-order valence-corrected chi connectivity index (χ4v) is 3.22. The van der Waals surface area contributed by atoms with Gasteiger partial charge in [-0.05, 0) is 41.3 Å². The third kappa shape index (κ3) is 4.55. The second-order valence-electron chi connectivity index (χ2n) is 5.51. The first kappa shape index (κ1) is 17.8. The Morgan fingerprint density at radius 1 is 1.00 bits per heavy atom. The van der Waals surface area contributed by atoms with Gasteiger partial charge in [0, 0.05) is 4.88 Å². The van der Waals surface area contributed by atoms with E-state index in [0.717, 1.165) is 10.4 Å². The van der Waals surface area contributed by atoms with Crippen LogP contribution in [0.3, 0.4) is 0 Å². The lowest BCUT2D eigenvalue weighted by molar-refractivity contribution is -0.124. The average Bonchev–Trinajstić information content (AvgIpc) is 3.20. The standard InChI is InChI=1S/C20H16FNO3S/c21-16-10-8-14(9-11-16)19(17-7-4-12-26-17)22-18(23)13-25-20(24)15-5-2-1-3-6-15/h1-12,19H,13H2,(H,22,23)/t19-/m1/s1. The maximum Gasteiger partial charge on any atom is 0.338 e. The van der Waals surface area contributed by atoms with E-state index in [9.17, 15) is 14.0 Å². The molecule has 1 N–H and O–H groups in total. The normalized spacial score (nSPS) is 11.6. The lowest BCUT2D eigenvalue weighted by atomic mass is 10.1. The van der Waals surface area contributed by atoms with Crippen LogP contribution in [0.5, 0.6) is 0 Å². The number of carbonyl (C=O) groups is 2. The Bertz CT molecular complexity index is 864. The fraction of sp³-hybridized carbons (Fsp3) is 0.100. The van der Waals surface area contributed by atoms with Crippen LogP contribution in [0.15, 0.2) is 72.1 Å². The number of halogens is 1. The Morgan fingerprint density at radius 2 is 1.73 bits per heavy atom. The molecule has 0 aliphatic heterocycles. The van der Waals surface area contributed by atoms with Gasteiger partial charge in [-0.1, -0.05) is 36.4 Å². The molecule has 26 heavy (non-hydrogen) atoms. The number of carbonyl (C=O) groups excluding carboxylic acids is 2. The summed E-state index contributed by atoms with van der Waals surface area (Å²) < 4.78 is 18.2. The third-order valence-corrected chi connectivity index (χ3v) is 4.62. The Balaban J connectivity index is 1.66. The van der Waals surface area contributed by atoms with Crippen molar-refractivity contribution >= 4 is 23.2 Å². The number of benzene rings is 2. The van der Waals surface area contributed by atoms with Crippen LogP contribution in [0.25, 0.3) is 0 Å². The van der Waals surface area contributed by atoms with Crippen LogP contribution in [-0.4, -0.2) is 18.5 Å². The molecule has 1 atom stereocenters. The minimum Gasteiger partial charge on any atom is -0.452 e. The predicted octanol–water partition coefficient (Wildman–Crippen LogP) is 3.95. The number of esters is 1. The predicted molar refractivity (Wildman–Crippen MR) is 97.4 cm³/mol. The molecule has 4 nitrogen and oxygen atoms in total. The lowest BCUT2D eigenvalue weighted by Gasteiger charge is -2.18. The smallest absolute Gasteiger partial charge is 0.338 e. The number of amides is 1. The number of nitrogens with one attached hydrogen (secondary N) is 1. The van der Waals surface area contributed by atoms with Gasteiger partial charge in [0.05, 0.1) is 11.6 Å². The second kappa shape index (κ2) is 8.40. The van der Waals surface area contributed by atoms with Crippen LogP contribution >= 0.6 is 11.3 Å². The largest absolute Gasteiger partial charge is 0.452 e. The van der Waals surface area contributed by atoms with E-state index in [-0.39, 0.29) is 5.82 Å². The molecule has 0 spiro atoms. The van der Waals surface area contributed by atoms with E-state index < -0.39 is 24.5 Å². The Kier molecular flexibility index (Phi) is 5.76. The number of hydrogen-bond donors (Lipinski definition) is 1. The molecule has 1 amide bonds. The molecule has 3 rings (SSSR count). The summed E-state index contributed by atoms with van der Waals surface area (Å²) in [6.07, 6.45) is 0. The molecule has 0 saturated carbocycles. The van der Waals surface area contributed by atoms with Crippen molar-refractivity contribution in [2.45, 2.75) is 6.04 Å². The molecule has 6 heteroatoms. The van der Waals surface area contributed by atoms with Crippen molar-refractivity contribution in [1.82, 2.24) is 5.32 Å². The molecule has 0 fully saturated rings. The SMILES string of the molecule is O=C(COC(=O)c1ccccc1)N[C@H](c1ccc(F)cc1)c1cccs1. The molecule has 1 heterocycles. The summed E-state index contributed by atoms with van der Waals surface area (Å²) >= 11 is 1.48. The quantitative estimate of drug-likeness (QED) is 0.670. The Labute approximate surface area is 154 Å². The monoisotopic (exact) mass is 369 g/mol. The van der Waals surface area contributed by atoms with Crippen LogP contribution in [0, 0.1) is 5.82 Å². The topological polar surface area (TPSA) is 55.4 Å². The van der Waals surface area contributed by atoms with Crippen molar-refractivity contribution < 1.29 is 18.7 Å². The molecule has 0 radical (unpaired) electrons. The molecule has 0 saturated heterocycles. The van der Waals surface area contributed by atoms with Gasteiger partial charge >= 0.3 is 5.97 Å². The summed E-state index contributed by atoms with van der Waals surface area (Å²) in [5, 5.41) is 4.73. The summed E-state index contributed by atoms with van der Waals surface area (Å²) in [5.41, 5.74) is 1.13. The van der Waals surface area contributed by atoms with Gasteiger partial charge in [0.1, 0.15) is 5.82 Å². The summed E-state index contributed by atoms with van der Waals surface area (Å²) in [4.78, 5) is 25.1. The summed E-state index contributed by atoms with van der Waals surface area (Å²) in [5.74, 6) is -1.34. The van der Waals surface area contributed by atoms with E-state index in [0.29, 0.717) is 5.56 Å². The van der Waals surface area contributed by atoms with Gasteiger partial charge < -0.3 is 10.1 Å². The zero-order valence-corrected chi connectivity index (χ0v) is 14.5. The summed E-state index contributed by atoms with van der Waals surface area (Å²) in [6, 6.07) is 17.7. The van der Waals surface area contributed by atoms with Gasteiger partial charge in [-0.15, -0.1) is 11.3 Å². The first-order valence-electron chi connectivity index (χ1n) is 7.94. The van der Waals surface area contributed by atoms with E-state index in [4.69, 9.17) is 4.74 Å². The lowest BCUT2D eigenvalue weighted by Crippen LogP contribution is -2.32. The zero-order chi connectivity index (χ0) is 18.4. The van der Waals surface area contributed by atoms with Crippen LogP contribution in [-0.2, 0) is 9.53 Å². The molecule has 0 aliphatic carbocycles. The maximum absolute atomic E-state index is 13.2. The molecule has 1 aromatic heterocycles. The molecular formula is C20H16FNO3S. The molecule has 0 unspecified atom stereocenters. The van der Waals surface area contributed by atoms with Crippen LogP contribution < -0.4 is 5.32 Å². The van der Waals surface area contributed by atoms with Gasteiger partial charge in [-0.25, -0.2) is 9.18 Å². The molecule has 0 aliphatic rings. The highest BCUT2D eigenvalue weighted by atomic mass is 32.1. The maximum atomic E-state index is 13.2. The van der Waals surface area contributed by atoms with Gasteiger partial charge in [0.25, 0.3) is 5.91 Å². The van der Waals surface area contributed by atoms with Crippen molar-refractivity contribution in [3.8, 4) is 0 Å². The van der Waals surface area contributed by atoms with Gasteiger partial charge in [0.15, 0.2) is 6.61 Å². The van der Waals surface area contributed by atoms with E-state index in [1.165, 1.54) is 23.5 Å². The molecule has 2 aromatic carbocycles. The average molecular weight is 369 g/mol. The minimum atomic E-state index is -0.560. The third-order valence-electron chi connectivity index (χ3n) is 3.68. The van der Waals surface area contributed by atoms with Crippen LogP contribution in [0.1, 0.15) is 26.8 Å². The highest BCUT2D eigenvalue weighted by Gasteiger charge is 2.19. The molecule has 0 bridgehead atoms. The first-order valence-corrected chi connectivity index (χ1v) is 8.82. The Morgan fingerprint density at radius 3 is 2.38 bits per heavy atom. The fourth-order valence-electron chi connectivity index (χ4n) is 2.42. The number of rotatable bonds is 6. The minimum absolute atomic E-state index is 0.346. The van der Waals surface area contributed by atoms with E-state index in [1.807, 2.05) is 17.5 Å². The van der Waals surface area contributed by atoms with Gasteiger partial charge in [0.2, 0.25) is 0 Å². The highest BCUT2D eigenvalue weighted by molar-refractivity contribution is 7.10. The first-order chi connectivity index (χ1) is 12.6. The number of ether oxygens (including phenoxy) is 1. The van der Waals surface area contributed by atoms with Gasteiger partial charge in [-0.3, -0.25) is 4.79 Å². The van der Waals surface area contributed by atoms with E-state index in [2.05, 4.69) is 5.32 Å². The highest BCUT2D eigenvalue weighted by Crippen LogP contribution is 2.26. The van der Waals surface area contributed by atoms with E-state index >= 15 is 0 Å². The number of thiophene rings is 1. The van der Waals surface area contributed by atoms with Crippen molar-refractivity contribution in [2.75, 3.05) is 6.61 Å². The van der Waals surface area contributed by atoms with Crippen molar-refractivity contribution in [3.05, 3.63) is 93.9 Å². The molecular weight excluding hydrogens is 353 g/mol. The molecule has 132 valence electrons. The van der Waals surface area contributed by atoms with Crippen molar-refractivity contribution in [1.29, 1.82) is 0 Å². The summed E-state index contributed by atoms with van der Waals surface area (Å²) in [6.45, 7) is -0.392. The van der Waals surface area contributed by atoms with E-state index in [1.54, 1.807) is 42.5 Å². The summed E-state index contributed by atoms with van der Waals surface area (Å²) in [7, 11) is 0. The zero-order valence-electron chi connectivity index (χ0n) is 13.7. The molecule has 3 aromatic rings. The Hall–Kier alpha value is -2.99. The van der Waals surface area contributed by atoms with Crippen molar-refractivity contribution in [2.24, 2.45) is 0 Å². The van der Waals surface area contributed by atoms with Crippen molar-refractivity contribution in [3.63, 3.8) is 0 Å². The second-order valence-corrected chi connectivity index (χ2v) is 6.49. The van der Waals surface area contributed by atoms with Crippen LogP contribution in [0.2, 0.25) is 0 Å².